The number of benzene rings is 3. The molecule has 12 nitrogen and oxygen atoms in total. The largest absolute Gasteiger partial charge is 0.435 e. The van der Waals surface area contributed by atoms with Gasteiger partial charge in [0.25, 0.3) is 5.88 Å². The first kappa shape index (κ1) is 25.0. The van der Waals surface area contributed by atoms with E-state index in [9.17, 15) is 0 Å². The van der Waals surface area contributed by atoms with E-state index in [4.69, 9.17) is 42.5 Å². The number of hydrogen-bond acceptors (Lipinski definition) is 8. The van der Waals surface area contributed by atoms with E-state index in [0.717, 1.165) is 5.56 Å². The van der Waals surface area contributed by atoms with Crippen LogP contribution in [0.5, 0.6) is 23.4 Å². The van der Waals surface area contributed by atoms with Crippen molar-refractivity contribution in [2.24, 2.45) is 11.5 Å². The number of rotatable bonds is 8. The Kier molecular flexibility index (Phi) is 6.66. The highest BCUT2D eigenvalue weighted by Crippen LogP contribution is 2.35. The molecule has 12 heteroatoms. The van der Waals surface area contributed by atoms with Gasteiger partial charge in [0.05, 0.1) is 17.9 Å². The zero-order valence-corrected chi connectivity index (χ0v) is 21.0. The number of nitrogens with two attached hydrogens (primary N) is 3. The quantitative estimate of drug-likeness (QED) is 0.0991. The second-order valence-corrected chi connectivity index (χ2v) is 8.62. The molecular weight excluding hydrogens is 496 g/mol. The van der Waals surface area contributed by atoms with Gasteiger partial charge in [-0.3, -0.25) is 10.8 Å². The lowest BCUT2D eigenvalue weighted by Crippen LogP contribution is -2.20. The van der Waals surface area contributed by atoms with Crippen molar-refractivity contribution in [1.29, 1.82) is 10.8 Å². The Labute approximate surface area is 223 Å². The van der Waals surface area contributed by atoms with Crippen molar-refractivity contribution in [3.8, 4) is 23.4 Å². The van der Waals surface area contributed by atoms with Gasteiger partial charge >= 0.3 is 6.01 Å². The molecule has 0 aliphatic rings. The van der Waals surface area contributed by atoms with Gasteiger partial charge in [0.1, 0.15) is 11.7 Å². The maximum absolute atomic E-state index is 7.74. The molecule has 3 aromatic carbocycles. The standard InChI is InChI=1S/C27H26N10O2/c1-15-33-22-24(37(15)14-16-7-3-2-4-8-16)35-27(39-21-13-17(23(29)30)11-12-18(21)28)36-25(22)38-20-10-6-5-9-19(20)34-26(31)32/h2-13H,14,28H2,1H3,(H3,29,30)(H4,31,32,34). The number of ether oxygens (including phenoxy) is 2. The van der Waals surface area contributed by atoms with Gasteiger partial charge in [-0.1, -0.05) is 42.5 Å². The maximum Gasteiger partial charge on any atom is 0.327 e. The van der Waals surface area contributed by atoms with Crippen LogP contribution in [-0.2, 0) is 6.54 Å². The number of aromatic nitrogens is 4. The molecule has 9 N–H and O–H groups in total. The third-order valence-electron chi connectivity index (χ3n) is 5.81. The molecule has 0 saturated heterocycles. The molecule has 39 heavy (non-hydrogen) atoms. The molecule has 5 rings (SSSR count). The maximum atomic E-state index is 7.74. The van der Waals surface area contributed by atoms with E-state index in [-0.39, 0.29) is 29.4 Å². The Bertz CT molecular complexity index is 1700. The van der Waals surface area contributed by atoms with Crippen LogP contribution in [0.1, 0.15) is 17.0 Å². The van der Waals surface area contributed by atoms with E-state index in [2.05, 4.69) is 15.3 Å². The molecule has 0 aliphatic heterocycles. The van der Waals surface area contributed by atoms with E-state index in [0.29, 0.717) is 46.2 Å². The summed E-state index contributed by atoms with van der Waals surface area (Å²) in [5, 5.41) is 18.1. The minimum atomic E-state index is -0.244. The van der Waals surface area contributed by atoms with E-state index in [1.54, 1.807) is 42.5 Å². The molecule has 2 heterocycles. The molecule has 0 atom stereocenters. The second kappa shape index (κ2) is 10.4. The summed E-state index contributed by atoms with van der Waals surface area (Å²) < 4.78 is 14.1. The molecule has 0 unspecified atom stereocenters. The lowest BCUT2D eigenvalue weighted by molar-refractivity contribution is 0.418. The van der Waals surface area contributed by atoms with Gasteiger partial charge < -0.3 is 36.6 Å². The summed E-state index contributed by atoms with van der Waals surface area (Å²) in [6.45, 7) is 2.37. The van der Waals surface area contributed by atoms with E-state index >= 15 is 0 Å². The highest BCUT2D eigenvalue weighted by Gasteiger charge is 2.21. The Hall–Kier alpha value is -5.65. The third-order valence-corrected chi connectivity index (χ3v) is 5.81. The lowest BCUT2D eigenvalue weighted by Gasteiger charge is -2.13. The molecular formula is C27H26N10O2. The van der Waals surface area contributed by atoms with Gasteiger partial charge in [0, 0.05) is 5.56 Å². The molecule has 0 bridgehead atoms. The van der Waals surface area contributed by atoms with Crippen molar-refractivity contribution in [1.82, 2.24) is 19.5 Å². The van der Waals surface area contributed by atoms with E-state index < -0.39 is 0 Å². The number of amidine groups is 1. The van der Waals surface area contributed by atoms with Gasteiger partial charge in [-0.25, -0.2) is 4.98 Å². The second-order valence-electron chi connectivity index (χ2n) is 8.62. The average Bonchev–Trinajstić information content (AvgIpc) is 3.22. The number of anilines is 2. The van der Waals surface area contributed by atoms with Gasteiger partial charge in [-0.05, 0) is 42.8 Å². The molecule has 0 saturated carbocycles. The summed E-state index contributed by atoms with van der Waals surface area (Å²) in [5.74, 6) is 1.05. The van der Waals surface area contributed by atoms with Crippen molar-refractivity contribution in [2.45, 2.75) is 13.5 Å². The molecule has 0 radical (unpaired) electrons. The van der Waals surface area contributed by atoms with Crippen molar-refractivity contribution < 1.29 is 9.47 Å². The molecule has 0 amide bonds. The number of aryl methyl sites for hydroxylation is 1. The highest BCUT2D eigenvalue weighted by molar-refractivity contribution is 5.96. The minimum Gasteiger partial charge on any atom is -0.435 e. The fraction of sp³-hybridized carbons (Fsp3) is 0.0741. The number of fused-ring (bicyclic) bond motifs is 1. The van der Waals surface area contributed by atoms with Crippen LogP contribution in [0.3, 0.4) is 0 Å². The van der Waals surface area contributed by atoms with Crippen LogP contribution >= 0.6 is 0 Å². The van der Waals surface area contributed by atoms with Crippen LogP contribution in [0.4, 0.5) is 11.4 Å². The number of nitrogens with zero attached hydrogens (tertiary/aromatic N) is 4. The predicted molar refractivity (Wildman–Crippen MR) is 150 cm³/mol. The van der Waals surface area contributed by atoms with Gasteiger partial charge in [0.15, 0.2) is 28.6 Å². The van der Waals surface area contributed by atoms with Crippen LogP contribution < -0.4 is 32.0 Å². The SMILES string of the molecule is Cc1nc2c(Oc3ccccc3NC(=N)N)nc(Oc3cc(C(=N)N)ccc3N)nc2n1Cc1ccccc1. The number of para-hydroxylation sites is 2. The fourth-order valence-electron chi connectivity index (χ4n) is 3.93. The summed E-state index contributed by atoms with van der Waals surface area (Å²) >= 11 is 0. The Morgan fingerprint density at radius 3 is 2.38 bits per heavy atom. The first-order valence-electron chi connectivity index (χ1n) is 11.9. The highest BCUT2D eigenvalue weighted by atomic mass is 16.5. The smallest absolute Gasteiger partial charge is 0.327 e. The molecule has 0 spiro atoms. The number of nitrogen functional groups attached to an aromatic ring is 2. The van der Waals surface area contributed by atoms with Crippen molar-refractivity contribution in [3.63, 3.8) is 0 Å². The van der Waals surface area contributed by atoms with Crippen LogP contribution in [0, 0.1) is 17.7 Å². The van der Waals surface area contributed by atoms with Crippen LogP contribution in [0.15, 0.2) is 72.8 Å². The summed E-state index contributed by atoms with van der Waals surface area (Å²) in [4.78, 5) is 13.9. The Balaban J connectivity index is 1.64. The first-order valence-corrected chi connectivity index (χ1v) is 11.9. The van der Waals surface area contributed by atoms with Gasteiger partial charge in [-0.15, -0.1) is 0 Å². The number of hydrogen-bond donors (Lipinski definition) is 6. The number of guanidine groups is 1. The summed E-state index contributed by atoms with van der Waals surface area (Å²) in [6.07, 6.45) is 0. The zero-order valence-electron chi connectivity index (χ0n) is 21.0. The molecule has 196 valence electrons. The van der Waals surface area contributed by atoms with Gasteiger partial charge in [-0.2, -0.15) is 9.97 Å². The topological polar surface area (TPSA) is 200 Å². The Morgan fingerprint density at radius 1 is 0.897 bits per heavy atom. The molecule has 2 aromatic heterocycles. The fourth-order valence-corrected chi connectivity index (χ4v) is 3.93. The zero-order chi connectivity index (χ0) is 27.5. The minimum absolute atomic E-state index is 0.0453. The van der Waals surface area contributed by atoms with Crippen LogP contribution in [0.25, 0.3) is 11.2 Å². The monoisotopic (exact) mass is 522 g/mol. The van der Waals surface area contributed by atoms with Crippen molar-refractivity contribution >= 4 is 34.3 Å². The summed E-state index contributed by atoms with van der Waals surface area (Å²) in [7, 11) is 0. The van der Waals surface area contributed by atoms with Gasteiger partial charge in [0.2, 0.25) is 0 Å². The van der Waals surface area contributed by atoms with E-state index in [1.807, 2.05) is 41.8 Å². The third kappa shape index (κ3) is 5.39. The number of nitrogens with one attached hydrogen (secondary N) is 3. The molecule has 5 aromatic rings. The molecule has 0 aliphatic carbocycles. The Morgan fingerprint density at radius 2 is 1.64 bits per heavy atom. The first-order chi connectivity index (χ1) is 18.8. The number of imidazole rings is 1. The summed E-state index contributed by atoms with van der Waals surface area (Å²) in [6, 6.07) is 21.6. The average molecular weight is 523 g/mol. The normalized spacial score (nSPS) is 10.8. The van der Waals surface area contributed by atoms with Crippen molar-refractivity contribution in [2.75, 3.05) is 11.1 Å². The molecule has 0 fully saturated rings. The lowest BCUT2D eigenvalue weighted by atomic mass is 10.2. The van der Waals surface area contributed by atoms with Crippen LogP contribution in [0.2, 0.25) is 0 Å². The van der Waals surface area contributed by atoms with Crippen LogP contribution in [-0.4, -0.2) is 31.3 Å². The van der Waals surface area contributed by atoms with E-state index in [1.165, 1.54) is 0 Å². The van der Waals surface area contributed by atoms with Crippen molar-refractivity contribution in [3.05, 3.63) is 89.7 Å². The summed E-state index contributed by atoms with van der Waals surface area (Å²) in [5.41, 5.74) is 20.5. The predicted octanol–water partition coefficient (Wildman–Crippen LogP) is 3.94.